The average molecular weight is 384 g/mol. The number of methoxy groups -OCH3 is 1. The van der Waals surface area contributed by atoms with E-state index in [9.17, 15) is 5.11 Å². The maximum Gasteiger partial charge on any atom is 0.124 e. The molecule has 0 fully saturated rings. The van der Waals surface area contributed by atoms with Crippen molar-refractivity contribution in [2.24, 2.45) is 0 Å². The van der Waals surface area contributed by atoms with E-state index in [1.807, 2.05) is 24.3 Å². The molecule has 1 aliphatic heterocycles. The summed E-state index contributed by atoms with van der Waals surface area (Å²) in [5, 5.41) is 11.2. The molecule has 1 aliphatic rings. The number of para-hydroxylation sites is 2. The van der Waals surface area contributed by atoms with E-state index in [1.54, 1.807) is 13.2 Å². The van der Waals surface area contributed by atoms with E-state index in [4.69, 9.17) is 4.74 Å². The number of H-pyrrole nitrogens is 1. The number of phenols is 1. The van der Waals surface area contributed by atoms with Crippen molar-refractivity contribution in [2.75, 3.05) is 13.7 Å². The van der Waals surface area contributed by atoms with Crippen LogP contribution in [0.1, 0.15) is 28.4 Å². The Hall–Kier alpha value is -3.24. The molecule has 0 aliphatic carbocycles. The Balaban J connectivity index is 1.65. The summed E-state index contributed by atoms with van der Waals surface area (Å²) < 4.78 is 5.72. The van der Waals surface area contributed by atoms with Crippen LogP contribution in [0.4, 0.5) is 0 Å². The minimum Gasteiger partial charge on any atom is -0.508 e. The molecule has 0 unspecified atom stereocenters. The number of aromatic nitrogens is 1. The molecule has 0 spiro atoms. The van der Waals surface area contributed by atoms with Crippen LogP contribution in [-0.4, -0.2) is 28.6 Å². The molecular formula is C25H24N2O2. The average Bonchev–Trinajstić information content (AvgIpc) is 3.12. The maximum absolute atomic E-state index is 9.92. The van der Waals surface area contributed by atoms with Gasteiger partial charge in [0.2, 0.25) is 0 Å². The van der Waals surface area contributed by atoms with Gasteiger partial charge in [0.05, 0.1) is 13.2 Å². The van der Waals surface area contributed by atoms with Crippen molar-refractivity contribution in [3.63, 3.8) is 0 Å². The first-order valence-corrected chi connectivity index (χ1v) is 9.99. The van der Waals surface area contributed by atoms with E-state index in [2.05, 4.69) is 52.3 Å². The summed E-state index contributed by atoms with van der Waals surface area (Å²) in [6.07, 6.45) is 0.990. The monoisotopic (exact) mass is 384 g/mol. The van der Waals surface area contributed by atoms with Crippen molar-refractivity contribution < 1.29 is 9.84 Å². The van der Waals surface area contributed by atoms with Gasteiger partial charge in [0.25, 0.3) is 0 Å². The van der Waals surface area contributed by atoms with Crippen molar-refractivity contribution >= 4 is 10.9 Å². The lowest BCUT2D eigenvalue weighted by atomic mass is 9.91. The quantitative estimate of drug-likeness (QED) is 0.519. The smallest absolute Gasteiger partial charge is 0.124 e. The van der Waals surface area contributed by atoms with Gasteiger partial charge in [-0.05, 0) is 41.8 Å². The Morgan fingerprint density at radius 3 is 2.72 bits per heavy atom. The molecule has 0 bridgehead atoms. The SMILES string of the molecule is COc1ccccc1[C@@H]1c2[nH]c3ccccc3c2CCN1Cc1cccc(O)c1. The Bertz CT molecular complexity index is 1160. The zero-order valence-electron chi connectivity index (χ0n) is 16.4. The lowest BCUT2D eigenvalue weighted by Crippen LogP contribution is -2.35. The van der Waals surface area contributed by atoms with Gasteiger partial charge < -0.3 is 14.8 Å². The summed E-state index contributed by atoms with van der Waals surface area (Å²) in [6.45, 7) is 1.69. The predicted molar refractivity (Wildman–Crippen MR) is 115 cm³/mol. The second-order valence-corrected chi connectivity index (χ2v) is 7.60. The van der Waals surface area contributed by atoms with Crippen LogP contribution in [0.15, 0.2) is 72.8 Å². The molecule has 2 heterocycles. The van der Waals surface area contributed by atoms with E-state index in [1.165, 1.54) is 22.2 Å². The van der Waals surface area contributed by atoms with Gasteiger partial charge in [-0.1, -0.05) is 48.5 Å². The van der Waals surface area contributed by atoms with Crippen LogP contribution in [-0.2, 0) is 13.0 Å². The summed E-state index contributed by atoms with van der Waals surface area (Å²) in [6, 6.07) is 24.4. The molecule has 29 heavy (non-hydrogen) atoms. The molecule has 0 amide bonds. The van der Waals surface area contributed by atoms with Crippen molar-refractivity contribution in [2.45, 2.75) is 19.0 Å². The molecule has 0 saturated heterocycles. The van der Waals surface area contributed by atoms with Crippen molar-refractivity contribution in [1.29, 1.82) is 0 Å². The number of ether oxygens (including phenoxy) is 1. The highest BCUT2D eigenvalue weighted by Crippen LogP contribution is 2.42. The minimum absolute atomic E-state index is 0.0599. The minimum atomic E-state index is 0.0599. The van der Waals surface area contributed by atoms with Gasteiger partial charge >= 0.3 is 0 Å². The highest BCUT2D eigenvalue weighted by molar-refractivity contribution is 5.85. The second-order valence-electron chi connectivity index (χ2n) is 7.60. The number of nitrogens with one attached hydrogen (secondary N) is 1. The third-order valence-corrected chi connectivity index (χ3v) is 5.86. The highest BCUT2D eigenvalue weighted by atomic mass is 16.5. The second kappa shape index (κ2) is 7.30. The normalized spacial score (nSPS) is 16.7. The van der Waals surface area contributed by atoms with E-state index in [0.717, 1.165) is 36.4 Å². The zero-order valence-corrected chi connectivity index (χ0v) is 16.4. The summed E-state index contributed by atoms with van der Waals surface area (Å²) in [5.74, 6) is 1.20. The van der Waals surface area contributed by atoms with Crippen LogP contribution in [0.3, 0.4) is 0 Å². The van der Waals surface area contributed by atoms with E-state index >= 15 is 0 Å². The number of fused-ring (bicyclic) bond motifs is 3. The lowest BCUT2D eigenvalue weighted by Gasteiger charge is -2.36. The summed E-state index contributed by atoms with van der Waals surface area (Å²) in [4.78, 5) is 6.16. The summed E-state index contributed by atoms with van der Waals surface area (Å²) >= 11 is 0. The van der Waals surface area contributed by atoms with Crippen LogP contribution in [0.25, 0.3) is 10.9 Å². The Labute approximate surface area is 170 Å². The van der Waals surface area contributed by atoms with Crippen molar-refractivity contribution in [3.8, 4) is 11.5 Å². The van der Waals surface area contributed by atoms with E-state index < -0.39 is 0 Å². The number of nitrogens with zero attached hydrogens (tertiary/aromatic N) is 1. The molecule has 4 heteroatoms. The van der Waals surface area contributed by atoms with Gasteiger partial charge in [-0.3, -0.25) is 4.90 Å². The topological polar surface area (TPSA) is 48.5 Å². The van der Waals surface area contributed by atoms with Gasteiger partial charge in [-0.15, -0.1) is 0 Å². The first-order chi connectivity index (χ1) is 14.2. The van der Waals surface area contributed by atoms with Gasteiger partial charge in [-0.2, -0.15) is 0 Å². The number of benzene rings is 3. The summed E-state index contributed by atoms with van der Waals surface area (Å²) in [5.41, 5.74) is 6.06. The standard InChI is InChI=1S/C25H24N2O2/c1-29-23-12-5-3-10-21(23)25-24-20(19-9-2-4-11-22(19)26-24)13-14-27(25)16-17-7-6-8-18(28)15-17/h2-12,15,25-26,28H,13-14,16H2,1H3/t25-/m1/s1. The van der Waals surface area contributed by atoms with E-state index in [-0.39, 0.29) is 6.04 Å². The molecule has 4 aromatic rings. The van der Waals surface area contributed by atoms with Crippen LogP contribution < -0.4 is 4.74 Å². The van der Waals surface area contributed by atoms with Gasteiger partial charge in [0, 0.05) is 35.2 Å². The number of aromatic amines is 1. The molecule has 5 rings (SSSR count). The number of rotatable bonds is 4. The molecule has 1 aromatic heterocycles. The highest BCUT2D eigenvalue weighted by Gasteiger charge is 2.33. The number of phenolic OH excluding ortho intramolecular Hbond substituents is 1. The third kappa shape index (κ3) is 3.15. The van der Waals surface area contributed by atoms with Crippen LogP contribution in [0.5, 0.6) is 11.5 Å². The zero-order chi connectivity index (χ0) is 19.8. The molecular weight excluding hydrogens is 360 g/mol. The lowest BCUT2D eigenvalue weighted by molar-refractivity contribution is 0.198. The first-order valence-electron chi connectivity index (χ1n) is 9.99. The molecule has 4 nitrogen and oxygen atoms in total. The fourth-order valence-corrected chi connectivity index (χ4v) is 4.59. The van der Waals surface area contributed by atoms with Crippen LogP contribution in [0.2, 0.25) is 0 Å². The number of hydrogen-bond donors (Lipinski definition) is 2. The summed E-state index contributed by atoms with van der Waals surface area (Å²) in [7, 11) is 1.73. The van der Waals surface area contributed by atoms with Gasteiger partial charge in [0.1, 0.15) is 11.5 Å². The number of hydrogen-bond acceptors (Lipinski definition) is 3. The Morgan fingerprint density at radius 1 is 1.03 bits per heavy atom. The largest absolute Gasteiger partial charge is 0.508 e. The van der Waals surface area contributed by atoms with Crippen LogP contribution in [0, 0.1) is 0 Å². The fraction of sp³-hybridized carbons (Fsp3) is 0.200. The Morgan fingerprint density at radius 2 is 1.86 bits per heavy atom. The fourth-order valence-electron chi connectivity index (χ4n) is 4.59. The molecule has 1 atom stereocenters. The molecule has 146 valence electrons. The molecule has 0 radical (unpaired) electrons. The molecule has 2 N–H and O–H groups in total. The number of aromatic hydroxyl groups is 1. The third-order valence-electron chi connectivity index (χ3n) is 5.86. The predicted octanol–water partition coefficient (Wildman–Crippen LogP) is 5.03. The maximum atomic E-state index is 9.92. The Kier molecular flexibility index (Phi) is 4.49. The van der Waals surface area contributed by atoms with E-state index in [0.29, 0.717) is 5.75 Å². The van der Waals surface area contributed by atoms with Gasteiger partial charge in [0.15, 0.2) is 0 Å². The molecule has 3 aromatic carbocycles. The van der Waals surface area contributed by atoms with Crippen LogP contribution >= 0.6 is 0 Å². The molecule has 0 saturated carbocycles. The first kappa shape index (κ1) is 17.8. The van der Waals surface area contributed by atoms with Crippen molar-refractivity contribution in [3.05, 3.63) is 95.2 Å². The van der Waals surface area contributed by atoms with Gasteiger partial charge in [-0.25, -0.2) is 0 Å². The van der Waals surface area contributed by atoms with Crippen molar-refractivity contribution in [1.82, 2.24) is 9.88 Å².